The molecule has 0 spiro atoms. The summed E-state index contributed by atoms with van der Waals surface area (Å²) in [4.78, 5) is 63.5. The Morgan fingerprint density at radius 2 is 0.892 bits per heavy atom. The highest BCUT2D eigenvalue weighted by atomic mass is 16.6. The van der Waals surface area contributed by atoms with Gasteiger partial charge in [-0.25, -0.2) is 9.59 Å². The molecule has 0 saturated carbocycles. The number of carbonyl (C=O) groups is 4. The number of amides is 2. The minimum absolute atomic E-state index is 0. The van der Waals surface area contributed by atoms with Crippen molar-refractivity contribution in [3.63, 3.8) is 0 Å². The molecule has 4 aromatic rings. The third-order valence-corrected chi connectivity index (χ3v) is 7.01. The van der Waals surface area contributed by atoms with Gasteiger partial charge in [-0.15, -0.1) is 0 Å². The van der Waals surface area contributed by atoms with Gasteiger partial charge in [0.05, 0.1) is 29.4 Å². The number of phenols is 3. The number of aromatic hydroxyl groups is 3. The Bertz CT molecular complexity index is 1990. The fourth-order valence-electron chi connectivity index (χ4n) is 4.44. The molecule has 0 aliphatic carbocycles. The van der Waals surface area contributed by atoms with Crippen molar-refractivity contribution in [2.45, 2.75) is 14.9 Å². The number of nitrogens with one attached hydrogen (secondary N) is 2. The predicted molar refractivity (Wildman–Crippen MR) is 250 cm³/mol. The molecule has 0 aromatic heterocycles. The van der Waals surface area contributed by atoms with Gasteiger partial charge in [-0.3, -0.25) is 9.59 Å². The third-order valence-electron chi connectivity index (χ3n) is 7.01. The van der Waals surface area contributed by atoms with Crippen molar-refractivity contribution in [1.82, 2.24) is 10.6 Å². The van der Waals surface area contributed by atoms with E-state index in [-0.39, 0.29) is 68.9 Å². The summed E-state index contributed by atoms with van der Waals surface area (Å²) in [6.45, 7) is 0. The molecule has 0 unspecified atom stereocenters. The van der Waals surface area contributed by atoms with Gasteiger partial charge in [0.1, 0.15) is 51.4 Å². The summed E-state index contributed by atoms with van der Waals surface area (Å²) in [6.07, 6.45) is 0. The number of esters is 2. The second kappa shape index (κ2) is 36.7. The standard InChI is InChI=1S/2C10H12N2O3.C10H11NO4.C9H7NO3.2CH5N.2CH4.B/c2*1-11-10(14)9(12-15-2)7-5-3-4-6-8(7)13;1-14-10(13)9(11-15-2)7-5-3-4-6-8(7)12;1-12-10-8-6-4-2-3-5-7(6)13-9(8)11;2*1-2;;;/h2*3-6,13H,1-2H3,(H,11,14);3-6,12H,1-2H3;2-5H,1H3;2*2H2,1H3;2*1H4;. The molecule has 5 rings (SSSR count). The fourth-order valence-corrected chi connectivity index (χ4v) is 4.44. The summed E-state index contributed by atoms with van der Waals surface area (Å²) < 4.78 is 9.44. The number of rotatable bonds is 10. The number of methoxy groups -OCH3 is 1. The lowest BCUT2D eigenvalue weighted by Gasteiger charge is -2.05. The molecule has 3 radical (unpaired) electrons. The molecule has 21 nitrogen and oxygen atoms in total. The van der Waals surface area contributed by atoms with Gasteiger partial charge in [0.2, 0.25) is 0 Å². The van der Waals surface area contributed by atoms with Crippen molar-refractivity contribution >= 4 is 55.0 Å². The van der Waals surface area contributed by atoms with Crippen molar-refractivity contribution in [3.05, 3.63) is 119 Å². The number of fused-ring (bicyclic) bond motifs is 1. The maximum Gasteiger partial charge on any atom is 0.366 e. The number of para-hydroxylation sites is 4. The zero-order valence-electron chi connectivity index (χ0n) is 36.2. The number of carbonyl (C=O) groups excluding carboxylic acids is 4. The Balaban J connectivity index is -0.000000366. The summed E-state index contributed by atoms with van der Waals surface area (Å²) in [7, 11) is 12.6. The van der Waals surface area contributed by atoms with Crippen LogP contribution in [0.3, 0.4) is 0 Å². The summed E-state index contributed by atoms with van der Waals surface area (Å²) in [5, 5.41) is 47.6. The number of oxime groups is 4. The Kier molecular flexibility index (Phi) is 35.9. The van der Waals surface area contributed by atoms with E-state index in [0.717, 1.165) is 0 Å². The molecule has 0 fully saturated rings. The van der Waals surface area contributed by atoms with E-state index >= 15 is 0 Å². The Labute approximate surface area is 381 Å². The number of nitrogens with two attached hydrogens (primary N) is 2. The number of likely N-dealkylation sites (N-methyl/N-ethyl adjacent to an activating group) is 2. The average Bonchev–Trinajstić information content (AvgIpc) is 3.63. The van der Waals surface area contributed by atoms with Crippen LogP contribution in [0.1, 0.15) is 37.1 Å². The van der Waals surface area contributed by atoms with Gasteiger partial charge in [-0.2, -0.15) is 0 Å². The largest absolute Gasteiger partial charge is 0.507 e. The molecular formula is C43H60BN8O13. The predicted octanol–water partition coefficient (Wildman–Crippen LogP) is 2.89. The topological polar surface area (TPSA) is 310 Å². The first-order valence-corrected chi connectivity index (χ1v) is 17.7. The van der Waals surface area contributed by atoms with E-state index in [1.807, 2.05) is 6.07 Å². The molecule has 65 heavy (non-hydrogen) atoms. The first kappa shape index (κ1) is 63.7. The highest BCUT2D eigenvalue weighted by molar-refractivity contribution is 6.47. The lowest BCUT2D eigenvalue weighted by molar-refractivity contribution is -0.133. The molecule has 4 aromatic carbocycles. The first-order valence-electron chi connectivity index (χ1n) is 17.7. The summed E-state index contributed by atoms with van der Waals surface area (Å²) >= 11 is 0. The van der Waals surface area contributed by atoms with Crippen LogP contribution in [-0.2, 0) is 43.3 Å². The van der Waals surface area contributed by atoms with Crippen molar-refractivity contribution in [2.24, 2.45) is 32.1 Å². The molecule has 1 aliphatic heterocycles. The lowest BCUT2D eigenvalue weighted by atomic mass is 10.1. The number of hydrogen-bond acceptors (Lipinski definition) is 19. The zero-order valence-corrected chi connectivity index (χ0v) is 36.2. The molecular weight excluding hydrogens is 847 g/mol. The van der Waals surface area contributed by atoms with Gasteiger partial charge in [0.15, 0.2) is 22.8 Å². The minimum Gasteiger partial charge on any atom is -0.507 e. The van der Waals surface area contributed by atoms with Crippen LogP contribution in [0.2, 0.25) is 0 Å². The van der Waals surface area contributed by atoms with E-state index in [1.54, 1.807) is 72.8 Å². The Morgan fingerprint density at radius 3 is 1.23 bits per heavy atom. The highest BCUT2D eigenvalue weighted by Crippen LogP contribution is 2.25. The molecule has 0 atom stereocenters. The van der Waals surface area contributed by atoms with Crippen LogP contribution in [0.4, 0.5) is 0 Å². The lowest BCUT2D eigenvalue weighted by Crippen LogP contribution is -2.28. The van der Waals surface area contributed by atoms with Gasteiger partial charge in [0, 0.05) is 22.5 Å². The fraction of sp³-hybridized carbons (Fsp3) is 0.256. The van der Waals surface area contributed by atoms with Gasteiger partial charge >= 0.3 is 11.9 Å². The van der Waals surface area contributed by atoms with Crippen LogP contribution in [-0.4, -0.2) is 134 Å². The van der Waals surface area contributed by atoms with Crippen molar-refractivity contribution in [3.8, 4) is 23.0 Å². The molecule has 2 amide bonds. The van der Waals surface area contributed by atoms with Gasteiger partial charge in [-0.1, -0.05) is 84.0 Å². The van der Waals surface area contributed by atoms with Crippen molar-refractivity contribution < 1.29 is 63.3 Å². The van der Waals surface area contributed by atoms with Gasteiger partial charge in [-0.05, 0) is 62.6 Å². The molecule has 22 heteroatoms. The smallest absolute Gasteiger partial charge is 0.366 e. The number of nitrogens with zero attached hydrogens (tertiary/aromatic N) is 4. The molecule has 353 valence electrons. The maximum absolute atomic E-state index is 11.4. The van der Waals surface area contributed by atoms with Crippen molar-refractivity contribution in [2.75, 3.05) is 63.7 Å². The quantitative estimate of drug-likeness (QED) is 0.0396. The van der Waals surface area contributed by atoms with Gasteiger partial charge < -0.3 is 66.2 Å². The zero-order chi connectivity index (χ0) is 47.0. The monoisotopic (exact) mass is 907 g/mol. The van der Waals surface area contributed by atoms with E-state index in [9.17, 15) is 34.5 Å². The molecule has 0 bridgehead atoms. The molecule has 1 aliphatic rings. The second-order valence-electron chi connectivity index (χ2n) is 10.6. The number of ether oxygens (including phenoxy) is 2. The molecule has 9 N–H and O–H groups in total. The van der Waals surface area contributed by atoms with E-state index in [0.29, 0.717) is 22.4 Å². The highest BCUT2D eigenvalue weighted by Gasteiger charge is 2.29. The Hall–Kier alpha value is -7.98. The first-order chi connectivity index (χ1) is 29.9. The van der Waals surface area contributed by atoms with Crippen LogP contribution < -0.4 is 26.8 Å². The number of hydrogen-bond donors (Lipinski definition) is 7. The van der Waals surface area contributed by atoms with Crippen LogP contribution in [0, 0.1) is 0 Å². The molecule has 0 saturated heterocycles. The second-order valence-corrected chi connectivity index (χ2v) is 10.6. The summed E-state index contributed by atoms with van der Waals surface area (Å²) in [6, 6.07) is 26.2. The third kappa shape index (κ3) is 20.2. The van der Waals surface area contributed by atoms with E-state index in [4.69, 9.17) is 4.74 Å². The van der Waals surface area contributed by atoms with Crippen molar-refractivity contribution in [1.29, 1.82) is 0 Å². The summed E-state index contributed by atoms with van der Waals surface area (Å²) in [5.74, 6) is -1.53. The van der Waals surface area contributed by atoms with E-state index in [1.165, 1.54) is 81.9 Å². The average molecular weight is 908 g/mol. The Morgan fingerprint density at radius 1 is 0.554 bits per heavy atom. The van der Waals surface area contributed by atoms with E-state index in [2.05, 4.69) is 66.8 Å². The minimum atomic E-state index is -0.668. The number of benzene rings is 4. The van der Waals surface area contributed by atoms with Crippen LogP contribution in [0.15, 0.2) is 118 Å². The molecule has 1 heterocycles. The van der Waals surface area contributed by atoms with E-state index < -0.39 is 23.8 Å². The van der Waals surface area contributed by atoms with Crippen LogP contribution in [0.5, 0.6) is 23.0 Å². The SMILES string of the molecule is C.C.CN.CN.CNC(=O)C(=NOC)c1ccccc1O.CNC(=O)C(=NOC)c1ccccc1O.CON=C(C(=O)OC)c1ccccc1O.CON=C1C(=O)Oc2ccccc21.[B]. The van der Waals surface area contributed by atoms with Crippen LogP contribution >= 0.6 is 0 Å². The summed E-state index contributed by atoms with van der Waals surface area (Å²) in [5.41, 5.74) is 10.8. The van der Waals surface area contributed by atoms with Gasteiger partial charge in [0.25, 0.3) is 11.8 Å². The maximum atomic E-state index is 11.4. The normalized spacial score (nSPS) is 11.2. The van der Waals surface area contributed by atoms with Crippen LogP contribution in [0.25, 0.3) is 0 Å². The number of phenolic OH excluding ortho intramolecular Hbond substituents is 3.